The molecule has 0 aliphatic carbocycles. The highest BCUT2D eigenvalue weighted by Gasteiger charge is 2.13. The van der Waals surface area contributed by atoms with Crippen LogP contribution in [0.25, 0.3) is 0 Å². The Hall–Kier alpha value is -1.50. The van der Waals surface area contributed by atoms with E-state index in [0.29, 0.717) is 22.0 Å². The quantitative estimate of drug-likeness (QED) is 0.563. The van der Waals surface area contributed by atoms with Crippen molar-refractivity contribution in [3.63, 3.8) is 0 Å². The SMILES string of the molecule is CCCOC(=O)NC(=N)NC(=O)Cc1c(Cl)cccc1Cl.Cl. The molecule has 2 amide bonds. The number of amides is 2. The predicted molar refractivity (Wildman–Crippen MR) is 88.1 cm³/mol. The lowest BCUT2D eigenvalue weighted by molar-refractivity contribution is -0.119. The average Bonchev–Trinajstić information content (AvgIpc) is 2.40. The van der Waals surface area contributed by atoms with E-state index in [1.54, 1.807) is 18.2 Å². The minimum absolute atomic E-state index is 0. The highest BCUT2D eigenvalue weighted by atomic mass is 35.5. The first-order chi connectivity index (χ1) is 9.93. The van der Waals surface area contributed by atoms with Crippen LogP contribution in [0, 0.1) is 5.41 Å². The van der Waals surface area contributed by atoms with E-state index in [1.807, 2.05) is 6.92 Å². The van der Waals surface area contributed by atoms with Gasteiger partial charge in [-0.3, -0.25) is 20.8 Å². The van der Waals surface area contributed by atoms with Gasteiger partial charge < -0.3 is 4.74 Å². The predicted octanol–water partition coefficient (Wildman–Crippen LogP) is 3.14. The number of carbonyl (C=O) groups excluding carboxylic acids is 2. The molecule has 1 aromatic rings. The second-order valence-electron chi connectivity index (χ2n) is 4.06. The van der Waals surface area contributed by atoms with E-state index in [4.69, 9.17) is 33.3 Å². The molecular formula is C13H16Cl3N3O3. The van der Waals surface area contributed by atoms with Crippen molar-refractivity contribution >= 4 is 53.6 Å². The number of halogens is 3. The van der Waals surface area contributed by atoms with Crippen LogP contribution in [-0.2, 0) is 16.0 Å². The molecule has 0 aliphatic rings. The van der Waals surface area contributed by atoms with Crippen LogP contribution in [0.5, 0.6) is 0 Å². The zero-order valence-electron chi connectivity index (χ0n) is 11.7. The van der Waals surface area contributed by atoms with Crippen LogP contribution in [0.2, 0.25) is 10.0 Å². The maximum atomic E-state index is 11.8. The Morgan fingerprint density at radius 1 is 1.23 bits per heavy atom. The zero-order chi connectivity index (χ0) is 15.8. The Labute approximate surface area is 144 Å². The van der Waals surface area contributed by atoms with E-state index in [9.17, 15) is 9.59 Å². The van der Waals surface area contributed by atoms with Crippen molar-refractivity contribution in [2.45, 2.75) is 19.8 Å². The molecule has 0 heterocycles. The summed E-state index contributed by atoms with van der Waals surface area (Å²) in [6.45, 7) is 2.08. The lowest BCUT2D eigenvalue weighted by Gasteiger charge is -2.10. The van der Waals surface area contributed by atoms with Crippen LogP contribution in [0.15, 0.2) is 18.2 Å². The molecule has 0 spiro atoms. The summed E-state index contributed by atoms with van der Waals surface area (Å²) in [5.74, 6) is -0.991. The maximum absolute atomic E-state index is 11.8. The van der Waals surface area contributed by atoms with Crippen molar-refractivity contribution in [3.05, 3.63) is 33.8 Å². The monoisotopic (exact) mass is 367 g/mol. The summed E-state index contributed by atoms with van der Waals surface area (Å²) < 4.78 is 4.72. The number of hydrogen-bond donors (Lipinski definition) is 3. The van der Waals surface area contributed by atoms with E-state index in [1.165, 1.54) is 0 Å². The molecule has 0 atom stereocenters. The number of carbonyl (C=O) groups is 2. The third-order valence-corrected chi connectivity index (χ3v) is 3.04. The normalized spacial score (nSPS) is 9.41. The van der Waals surface area contributed by atoms with Gasteiger partial charge in [-0.25, -0.2) is 4.79 Å². The average molecular weight is 369 g/mol. The Kier molecular flexibility index (Phi) is 9.56. The highest BCUT2D eigenvalue weighted by molar-refractivity contribution is 6.36. The van der Waals surface area contributed by atoms with Crippen LogP contribution >= 0.6 is 35.6 Å². The largest absolute Gasteiger partial charge is 0.449 e. The molecule has 122 valence electrons. The highest BCUT2D eigenvalue weighted by Crippen LogP contribution is 2.24. The smallest absolute Gasteiger partial charge is 0.413 e. The summed E-state index contributed by atoms with van der Waals surface area (Å²) in [4.78, 5) is 23.0. The van der Waals surface area contributed by atoms with Crippen molar-refractivity contribution in [1.82, 2.24) is 10.6 Å². The van der Waals surface area contributed by atoms with Gasteiger partial charge in [0.05, 0.1) is 13.0 Å². The molecule has 0 bridgehead atoms. The topological polar surface area (TPSA) is 91.3 Å². The van der Waals surface area contributed by atoms with Crippen molar-refractivity contribution < 1.29 is 14.3 Å². The Morgan fingerprint density at radius 2 is 1.82 bits per heavy atom. The van der Waals surface area contributed by atoms with E-state index in [-0.39, 0.29) is 25.4 Å². The number of hydrogen-bond acceptors (Lipinski definition) is 4. The molecule has 0 radical (unpaired) electrons. The Balaban J connectivity index is 0.00000441. The summed E-state index contributed by atoms with van der Waals surface area (Å²) in [6, 6.07) is 4.89. The van der Waals surface area contributed by atoms with Crippen molar-refractivity contribution in [1.29, 1.82) is 5.41 Å². The van der Waals surface area contributed by atoms with Crippen molar-refractivity contribution in [2.75, 3.05) is 6.61 Å². The van der Waals surface area contributed by atoms with Gasteiger partial charge in [0.15, 0.2) is 0 Å². The first-order valence-corrected chi connectivity index (χ1v) is 6.94. The van der Waals surface area contributed by atoms with Gasteiger partial charge in [0.25, 0.3) is 0 Å². The van der Waals surface area contributed by atoms with Crippen LogP contribution in [0.4, 0.5) is 4.79 Å². The van der Waals surface area contributed by atoms with E-state index >= 15 is 0 Å². The molecule has 0 fully saturated rings. The molecule has 1 aromatic carbocycles. The minimum atomic E-state index is -0.794. The Bertz CT molecular complexity index is 532. The van der Waals surface area contributed by atoms with Crippen LogP contribution < -0.4 is 10.6 Å². The number of rotatable bonds is 4. The summed E-state index contributed by atoms with van der Waals surface area (Å²) in [7, 11) is 0. The summed E-state index contributed by atoms with van der Waals surface area (Å²) in [6.07, 6.45) is -0.233. The summed E-state index contributed by atoms with van der Waals surface area (Å²) in [5.41, 5.74) is 0.458. The fourth-order valence-electron chi connectivity index (χ4n) is 1.41. The first kappa shape index (κ1) is 20.5. The lowest BCUT2D eigenvalue weighted by Crippen LogP contribution is -2.43. The maximum Gasteiger partial charge on any atom is 0.413 e. The Morgan fingerprint density at radius 3 is 2.36 bits per heavy atom. The minimum Gasteiger partial charge on any atom is -0.449 e. The van der Waals surface area contributed by atoms with Gasteiger partial charge in [-0.15, -0.1) is 12.4 Å². The standard InChI is InChI=1S/C13H15Cl2N3O3.ClH/c1-2-6-21-13(20)18-12(16)17-11(19)7-8-9(14)4-3-5-10(8)15;/h3-5H,2,6-7H2,1H3,(H3,16,17,18,19,20);1H. The molecule has 0 aliphatic heterocycles. The van der Waals surface area contributed by atoms with Crippen LogP contribution in [0.3, 0.4) is 0 Å². The van der Waals surface area contributed by atoms with Gasteiger partial charge in [-0.1, -0.05) is 36.2 Å². The van der Waals surface area contributed by atoms with E-state index < -0.39 is 18.0 Å². The van der Waals surface area contributed by atoms with E-state index in [2.05, 4.69) is 10.6 Å². The third-order valence-electron chi connectivity index (χ3n) is 2.33. The fourth-order valence-corrected chi connectivity index (χ4v) is 1.94. The van der Waals surface area contributed by atoms with Gasteiger partial charge in [-0.2, -0.15) is 0 Å². The van der Waals surface area contributed by atoms with Gasteiger partial charge in [0.1, 0.15) is 0 Å². The molecule has 1 rings (SSSR count). The van der Waals surface area contributed by atoms with E-state index in [0.717, 1.165) is 0 Å². The van der Waals surface area contributed by atoms with Crippen LogP contribution in [0.1, 0.15) is 18.9 Å². The zero-order valence-corrected chi connectivity index (χ0v) is 14.1. The van der Waals surface area contributed by atoms with Gasteiger partial charge in [0, 0.05) is 10.0 Å². The van der Waals surface area contributed by atoms with Gasteiger partial charge >= 0.3 is 6.09 Å². The van der Waals surface area contributed by atoms with Gasteiger partial charge in [-0.05, 0) is 24.1 Å². The number of benzene rings is 1. The molecule has 0 saturated carbocycles. The third kappa shape index (κ3) is 6.98. The molecule has 0 aromatic heterocycles. The number of ether oxygens (including phenoxy) is 1. The van der Waals surface area contributed by atoms with Crippen molar-refractivity contribution in [2.24, 2.45) is 0 Å². The number of alkyl carbamates (subject to hydrolysis) is 1. The van der Waals surface area contributed by atoms with Gasteiger partial charge in [0.2, 0.25) is 11.9 Å². The molecule has 6 nitrogen and oxygen atoms in total. The molecule has 3 N–H and O–H groups in total. The second kappa shape index (κ2) is 10.3. The molecule has 9 heteroatoms. The van der Waals surface area contributed by atoms with Crippen LogP contribution in [-0.4, -0.2) is 24.6 Å². The first-order valence-electron chi connectivity index (χ1n) is 6.19. The van der Waals surface area contributed by atoms with Crippen molar-refractivity contribution in [3.8, 4) is 0 Å². The molecule has 0 unspecified atom stereocenters. The molecule has 22 heavy (non-hydrogen) atoms. The fraction of sp³-hybridized carbons (Fsp3) is 0.308. The lowest BCUT2D eigenvalue weighted by atomic mass is 10.1. The molecular weight excluding hydrogens is 353 g/mol. The summed E-state index contributed by atoms with van der Waals surface area (Å²) in [5, 5.41) is 12.5. The number of guanidine groups is 1. The number of nitrogens with one attached hydrogen (secondary N) is 3. The summed E-state index contributed by atoms with van der Waals surface area (Å²) >= 11 is 11.9. The second-order valence-corrected chi connectivity index (χ2v) is 4.88. The molecule has 0 saturated heterocycles.